The van der Waals surface area contributed by atoms with Crippen LogP contribution in [0.25, 0.3) is 0 Å². The van der Waals surface area contributed by atoms with Crippen LogP contribution in [-0.4, -0.2) is 54.6 Å². The lowest BCUT2D eigenvalue weighted by Gasteiger charge is -2.43. The number of ether oxygens (including phenoxy) is 2. The van der Waals surface area contributed by atoms with Crippen molar-refractivity contribution in [2.75, 3.05) is 32.9 Å². The van der Waals surface area contributed by atoms with Gasteiger partial charge in [-0.1, -0.05) is 19.1 Å². The topological polar surface area (TPSA) is 41.9 Å². The van der Waals surface area contributed by atoms with Gasteiger partial charge in [0.2, 0.25) is 0 Å². The zero-order chi connectivity index (χ0) is 17.0. The van der Waals surface area contributed by atoms with Crippen molar-refractivity contribution in [1.82, 2.24) is 4.90 Å². The van der Waals surface area contributed by atoms with Crippen LogP contribution in [0.5, 0.6) is 5.75 Å². The van der Waals surface area contributed by atoms with E-state index < -0.39 is 5.60 Å². The van der Waals surface area contributed by atoms with Crippen LogP contribution in [0.3, 0.4) is 0 Å². The predicted octanol–water partition coefficient (Wildman–Crippen LogP) is 2.88. The van der Waals surface area contributed by atoms with Gasteiger partial charge < -0.3 is 14.6 Å². The first kappa shape index (κ1) is 17.7. The molecule has 2 saturated heterocycles. The van der Waals surface area contributed by atoms with E-state index in [9.17, 15) is 5.11 Å². The number of benzene rings is 1. The fourth-order valence-corrected chi connectivity index (χ4v) is 4.10. The van der Waals surface area contributed by atoms with E-state index in [1.165, 1.54) is 12.0 Å². The average molecular weight is 333 g/mol. The first-order valence-corrected chi connectivity index (χ1v) is 9.36. The second-order valence-electron chi connectivity index (χ2n) is 7.38. The molecule has 0 saturated carbocycles. The van der Waals surface area contributed by atoms with E-state index in [-0.39, 0.29) is 5.92 Å². The van der Waals surface area contributed by atoms with Gasteiger partial charge in [0.15, 0.2) is 0 Å². The van der Waals surface area contributed by atoms with Crippen LogP contribution < -0.4 is 4.74 Å². The highest BCUT2D eigenvalue weighted by atomic mass is 16.5. The molecule has 0 bridgehead atoms. The smallest absolute Gasteiger partial charge is 0.119 e. The molecule has 1 N–H and O–H groups in total. The Labute approximate surface area is 145 Å². The Balaban J connectivity index is 1.54. The maximum absolute atomic E-state index is 10.7. The van der Waals surface area contributed by atoms with Crippen LogP contribution in [0.15, 0.2) is 24.3 Å². The molecule has 2 fully saturated rings. The van der Waals surface area contributed by atoms with Gasteiger partial charge in [-0.25, -0.2) is 0 Å². The summed E-state index contributed by atoms with van der Waals surface area (Å²) >= 11 is 0. The van der Waals surface area contributed by atoms with E-state index in [0.717, 1.165) is 38.1 Å². The zero-order valence-corrected chi connectivity index (χ0v) is 15.0. The van der Waals surface area contributed by atoms with E-state index in [0.29, 0.717) is 25.9 Å². The number of aryl methyl sites for hydroxylation is 1. The summed E-state index contributed by atoms with van der Waals surface area (Å²) in [5.74, 6) is 1.16. The normalized spacial score (nSPS) is 31.3. The Bertz CT molecular complexity index is 531. The lowest BCUT2D eigenvalue weighted by molar-refractivity contribution is -0.123. The quantitative estimate of drug-likeness (QED) is 0.869. The van der Waals surface area contributed by atoms with Crippen molar-refractivity contribution in [3.63, 3.8) is 0 Å². The molecule has 2 heterocycles. The van der Waals surface area contributed by atoms with Gasteiger partial charge in [0.1, 0.15) is 12.4 Å². The number of hydrogen-bond acceptors (Lipinski definition) is 4. The molecule has 3 atom stereocenters. The lowest BCUT2D eigenvalue weighted by Crippen LogP contribution is -2.53. The van der Waals surface area contributed by atoms with Crippen LogP contribution in [-0.2, 0) is 11.2 Å². The molecule has 2 aliphatic heterocycles. The summed E-state index contributed by atoms with van der Waals surface area (Å²) < 4.78 is 11.6. The molecule has 4 heteroatoms. The number of rotatable bonds is 6. The van der Waals surface area contributed by atoms with Crippen molar-refractivity contribution in [2.45, 2.75) is 51.2 Å². The van der Waals surface area contributed by atoms with Gasteiger partial charge in [-0.15, -0.1) is 0 Å². The second-order valence-corrected chi connectivity index (χ2v) is 7.38. The molecule has 0 amide bonds. The van der Waals surface area contributed by atoms with Crippen molar-refractivity contribution in [3.05, 3.63) is 29.8 Å². The van der Waals surface area contributed by atoms with E-state index in [1.807, 2.05) is 13.0 Å². The van der Waals surface area contributed by atoms with E-state index in [1.54, 1.807) is 0 Å². The van der Waals surface area contributed by atoms with Crippen molar-refractivity contribution >= 4 is 0 Å². The third-order valence-electron chi connectivity index (χ3n) is 5.68. The van der Waals surface area contributed by atoms with Gasteiger partial charge in [0, 0.05) is 25.1 Å². The Morgan fingerprint density at radius 3 is 3.08 bits per heavy atom. The highest BCUT2D eigenvalue weighted by Crippen LogP contribution is 2.35. The van der Waals surface area contributed by atoms with Gasteiger partial charge in [0.05, 0.1) is 12.2 Å². The SMILES string of the molecule is CCc1cccc(OCCN2CCC[C@@H]2[C@H]2COCC[C@@]2(C)O)c1. The molecule has 3 rings (SSSR count). The third-order valence-corrected chi connectivity index (χ3v) is 5.68. The van der Waals surface area contributed by atoms with Crippen molar-refractivity contribution in [1.29, 1.82) is 0 Å². The first-order chi connectivity index (χ1) is 11.6. The van der Waals surface area contributed by atoms with Crippen molar-refractivity contribution in [3.8, 4) is 5.75 Å². The zero-order valence-electron chi connectivity index (χ0n) is 15.0. The average Bonchev–Trinajstić information content (AvgIpc) is 3.03. The molecule has 134 valence electrons. The fourth-order valence-electron chi connectivity index (χ4n) is 4.10. The number of likely N-dealkylation sites (tertiary alicyclic amines) is 1. The fraction of sp³-hybridized carbons (Fsp3) is 0.700. The molecule has 0 radical (unpaired) electrons. The molecular formula is C20H31NO3. The van der Waals surface area contributed by atoms with E-state index in [4.69, 9.17) is 9.47 Å². The second kappa shape index (κ2) is 7.85. The molecule has 24 heavy (non-hydrogen) atoms. The lowest BCUT2D eigenvalue weighted by atomic mass is 9.79. The maximum Gasteiger partial charge on any atom is 0.119 e. The summed E-state index contributed by atoms with van der Waals surface area (Å²) in [5, 5.41) is 10.7. The van der Waals surface area contributed by atoms with Gasteiger partial charge in [-0.3, -0.25) is 4.90 Å². The number of nitrogens with zero attached hydrogens (tertiary/aromatic N) is 1. The van der Waals surface area contributed by atoms with Crippen LogP contribution in [0.1, 0.15) is 38.7 Å². The molecule has 0 aromatic heterocycles. The number of hydrogen-bond donors (Lipinski definition) is 1. The molecule has 4 nitrogen and oxygen atoms in total. The van der Waals surface area contributed by atoms with Crippen LogP contribution in [0.4, 0.5) is 0 Å². The van der Waals surface area contributed by atoms with Crippen molar-refractivity contribution in [2.24, 2.45) is 5.92 Å². The summed E-state index contributed by atoms with van der Waals surface area (Å²) in [5.41, 5.74) is 0.698. The summed E-state index contributed by atoms with van der Waals surface area (Å²) in [7, 11) is 0. The molecule has 0 unspecified atom stereocenters. The van der Waals surface area contributed by atoms with E-state index >= 15 is 0 Å². The Hall–Kier alpha value is -1.10. The molecule has 1 aromatic rings. The first-order valence-electron chi connectivity index (χ1n) is 9.36. The minimum atomic E-state index is -0.609. The molecule has 0 aliphatic carbocycles. The molecule has 0 spiro atoms. The summed E-state index contributed by atoms with van der Waals surface area (Å²) in [6.45, 7) is 8.18. The van der Waals surface area contributed by atoms with Crippen LogP contribution in [0.2, 0.25) is 0 Å². The standard InChI is InChI=1S/C20H31NO3/c1-3-16-6-4-7-17(14-16)24-13-11-21-10-5-8-19(21)18-15-23-12-9-20(18,2)22/h4,6-7,14,18-19,22H,3,5,8-13,15H2,1-2H3/t18-,19-,20-/m1/s1. The highest BCUT2D eigenvalue weighted by Gasteiger charge is 2.43. The minimum Gasteiger partial charge on any atom is -0.492 e. The highest BCUT2D eigenvalue weighted by molar-refractivity contribution is 5.28. The van der Waals surface area contributed by atoms with E-state index in [2.05, 4.69) is 30.0 Å². The van der Waals surface area contributed by atoms with Crippen LogP contribution in [0, 0.1) is 5.92 Å². The summed E-state index contributed by atoms with van der Waals surface area (Å²) in [4.78, 5) is 2.48. The maximum atomic E-state index is 10.7. The monoisotopic (exact) mass is 333 g/mol. The molecule has 2 aliphatic rings. The van der Waals surface area contributed by atoms with Gasteiger partial charge in [-0.2, -0.15) is 0 Å². The number of aliphatic hydroxyl groups is 1. The van der Waals surface area contributed by atoms with Gasteiger partial charge in [0.25, 0.3) is 0 Å². The summed E-state index contributed by atoms with van der Waals surface area (Å²) in [6.07, 6.45) is 4.11. The third kappa shape index (κ3) is 4.11. The van der Waals surface area contributed by atoms with Crippen LogP contribution >= 0.6 is 0 Å². The van der Waals surface area contributed by atoms with Gasteiger partial charge in [-0.05, 0) is 56.8 Å². The van der Waals surface area contributed by atoms with Crippen molar-refractivity contribution < 1.29 is 14.6 Å². The summed E-state index contributed by atoms with van der Waals surface area (Å²) in [6, 6.07) is 8.75. The largest absolute Gasteiger partial charge is 0.492 e. The molecular weight excluding hydrogens is 302 g/mol. The minimum absolute atomic E-state index is 0.206. The Kier molecular flexibility index (Phi) is 5.80. The predicted molar refractivity (Wildman–Crippen MR) is 95.5 cm³/mol. The molecule has 1 aromatic carbocycles. The van der Waals surface area contributed by atoms with Gasteiger partial charge >= 0.3 is 0 Å². The Morgan fingerprint density at radius 2 is 2.29 bits per heavy atom. The Morgan fingerprint density at radius 1 is 1.42 bits per heavy atom.